The smallest absolute Gasteiger partial charge is 0.242 e. The summed E-state index contributed by atoms with van der Waals surface area (Å²) in [4.78, 5) is 16.7. The third-order valence-electron chi connectivity index (χ3n) is 4.61. The molecule has 2 N–H and O–H groups in total. The van der Waals surface area contributed by atoms with E-state index in [0.29, 0.717) is 11.9 Å². The van der Waals surface area contributed by atoms with Crippen molar-refractivity contribution in [2.45, 2.75) is 57.5 Å². The first kappa shape index (κ1) is 13.6. The maximum atomic E-state index is 12.3. The first-order valence-corrected chi connectivity index (χ1v) is 7.73. The Hall–Kier alpha value is -1.42. The molecule has 1 saturated heterocycles. The molecule has 4 nitrogen and oxygen atoms in total. The molecule has 0 spiro atoms. The molecule has 1 amide bonds. The molecule has 1 aromatic rings. The molecule has 3 atom stereocenters. The molecular weight excluding hydrogens is 250 g/mol. The molecule has 2 fully saturated rings. The van der Waals surface area contributed by atoms with Crippen molar-refractivity contribution >= 4 is 11.7 Å². The van der Waals surface area contributed by atoms with E-state index in [1.54, 1.807) is 0 Å². The van der Waals surface area contributed by atoms with Crippen molar-refractivity contribution in [3.63, 3.8) is 0 Å². The van der Waals surface area contributed by atoms with Gasteiger partial charge in [0.25, 0.3) is 0 Å². The van der Waals surface area contributed by atoms with Crippen LogP contribution in [0.3, 0.4) is 0 Å². The van der Waals surface area contributed by atoms with E-state index in [2.05, 4.69) is 15.6 Å². The van der Waals surface area contributed by atoms with Crippen molar-refractivity contribution in [2.24, 2.45) is 5.92 Å². The van der Waals surface area contributed by atoms with Gasteiger partial charge in [0.15, 0.2) is 0 Å². The molecular formula is C16H23N3O. The third kappa shape index (κ3) is 3.01. The van der Waals surface area contributed by atoms with Gasteiger partial charge in [-0.25, -0.2) is 4.98 Å². The first-order valence-electron chi connectivity index (χ1n) is 7.73. The monoisotopic (exact) mass is 273 g/mol. The molecule has 1 aliphatic carbocycles. The minimum absolute atomic E-state index is 0.0586. The summed E-state index contributed by atoms with van der Waals surface area (Å²) in [7, 11) is 0. The van der Waals surface area contributed by atoms with Crippen LogP contribution in [0.1, 0.15) is 44.2 Å². The highest BCUT2D eigenvalue weighted by atomic mass is 16.2. The van der Waals surface area contributed by atoms with Crippen LogP contribution in [0.15, 0.2) is 18.2 Å². The summed E-state index contributed by atoms with van der Waals surface area (Å²) in [6.45, 7) is 1.93. The molecule has 108 valence electrons. The van der Waals surface area contributed by atoms with Gasteiger partial charge in [0.2, 0.25) is 5.91 Å². The maximum Gasteiger partial charge on any atom is 0.242 e. The number of pyridine rings is 1. The molecule has 1 aromatic heterocycles. The van der Waals surface area contributed by atoms with Crippen molar-refractivity contribution in [2.75, 3.05) is 5.32 Å². The molecule has 1 aliphatic heterocycles. The van der Waals surface area contributed by atoms with E-state index in [9.17, 15) is 4.79 Å². The fourth-order valence-corrected chi connectivity index (χ4v) is 3.53. The number of hydrogen-bond donors (Lipinski definition) is 2. The predicted octanol–water partition coefficient (Wildman–Crippen LogP) is 2.64. The topological polar surface area (TPSA) is 54.0 Å². The van der Waals surface area contributed by atoms with Gasteiger partial charge in [0.1, 0.15) is 5.82 Å². The molecule has 0 bridgehead atoms. The molecule has 1 saturated carbocycles. The van der Waals surface area contributed by atoms with Gasteiger partial charge in [-0.2, -0.15) is 0 Å². The van der Waals surface area contributed by atoms with Crippen LogP contribution in [-0.4, -0.2) is 23.0 Å². The van der Waals surface area contributed by atoms with Gasteiger partial charge in [-0.15, -0.1) is 0 Å². The van der Waals surface area contributed by atoms with Crippen LogP contribution < -0.4 is 10.6 Å². The van der Waals surface area contributed by atoms with E-state index in [0.717, 1.165) is 18.0 Å². The second-order valence-corrected chi connectivity index (χ2v) is 6.10. The average Bonchev–Trinajstić information content (AvgIpc) is 2.47. The van der Waals surface area contributed by atoms with Crippen molar-refractivity contribution in [1.82, 2.24) is 10.3 Å². The number of aromatic nitrogens is 1. The van der Waals surface area contributed by atoms with E-state index >= 15 is 0 Å². The Labute approximate surface area is 120 Å². The highest BCUT2D eigenvalue weighted by molar-refractivity contribution is 5.94. The number of rotatable bonds is 2. The zero-order chi connectivity index (χ0) is 13.9. The van der Waals surface area contributed by atoms with Crippen LogP contribution in [0.25, 0.3) is 0 Å². The van der Waals surface area contributed by atoms with Gasteiger partial charge in [0, 0.05) is 11.7 Å². The number of anilines is 1. The lowest BCUT2D eigenvalue weighted by atomic mass is 9.77. The average molecular weight is 273 g/mol. The number of aryl methyl sites for hydroxylation is 1. The van der Waals surface area contributed by atoms with E-state index in [1.165, 1.54) is 32.1 Å². The minimum Gasteiger partial charge on any atom is -0.309 e. The van der Waals surface area contributed by atoms with E-state index < -0.39 is 0 Å². The van der Waals surface area contributed by atoms with Crippen LogP contribution in [0.2, 0.25) is 0 Å². The van der Waals surface area contributed by atoms with Crippen LogP contribution >= 0.6 is 0 Å². The van der Waals surface area contributed by atoms with Crippen molar-refractivity contribution < 1.29 is 4.79 Å². The summed E-state index contributed by atoms with van der Waals surface area (Å²) in [5.74, 6) is 1.50. The number of carbonyl (C=O) groups excluding carboxylic acids is 1. The Kier molecular flexibility index (Phi) is 4.01. The largest absolute Gasteiger partial charge is 0.309 e. The Balaban J connectivity index is 1.60. The van der Waals surface area contributed by atoms with Crippen LogP contribution in [-0.2, 0) is 4.79 Å². The maximum absolute atomic E-state index is 12.3. The Morgan fingerprint density at radius 2 is 2.10 bits per heavy atom. The molecule has 20 heavy (non-hydrogen) atoms. The summed E-state index contributed by atoms with van der Waals surface area (Å²) in [6.07, 6.45) is 7.31. The van der Waals surface area contributed by atoms with Crippen LogP contribution in [0.4, 0.5) is 5.82 Å². The Morgan fingerprint density at radius 1 is 1.25 bits per heavy atom. The normalized spacial score (nSPS) is 29.6. The molecule has 0 radical (unpaired) electrons. The van der Waals surface area contributed by atoms with Gasteiger partial charge in [-0.1, -0.05) is 18.9 Å². The zero-order valence-corrected chi connectivity index (χ0v) is 12.1. The van der Waals surface area contributed by atoms with Gasteiger partial charge >= 0.3 is 0 Å². The lowest BCUT2D eigenvalue weighted by Crippen LogP contribution is -2.53. The van der Waals surface area contributed by atoms with E-state index in [-0.39, 0.29) is 11.9 Å². The molecule has 4 heteroatoms. The van der Waals surface area contributed by atoms with Crippen molar-refractivity contribution in [3.8, 4) is 0 Å². The first-order chi connectivity index (χ1) is 9.72. The number of carbonyl (C=O) groups is 1. The van der Waals surface area contributed by atoms with Gasteiger partial charge in [0.05, 0.1) is 6.04 Å². The van der Waals surface area contributed by atoms with Crippen molar-refractivity contribution in [3.05, 3.63) is 23.9 Å². The van der Waals surface area contributed by atoms with Crippen LogP contribution in [0.5, 0.6) is 0 Å². The summed E-state index contributed by atoms with van der Waals surface area (Å²) in [5, 5.41) is 6.49. The molecule has 0 aromatic carbocycles. The highest BCUT2D eigenvalue weighted by Crippen LogP contribution is 2.32. The third-order valence-corrected chi connectivity index (χ3v) is 4.61. The minimum atomic E-state index is -0.0586. The Morgan fingerprint density at radius 3 is 2.95 bits per heavy atom. The van der Waals surface area contributed by atoms with Gasteiger partial charge in [-0.3, -0.25) is 4.79 Å². The number of piperidine rings is 1. The molecule has 2 aliphatic rings. The second-order valence-electron chi connectivity index (χ2n) is 6.10. The number of nitrogens with zero attached hydrogens (tertiary/aromatic N) is 1. The molecule has 3 rings (SSSR count). The van der Waals surface area contributed by atoms with E-state index in [4.69, 9.17) is 0 Å². The summed E-state index contributed by atoms with van der Waals surface area (Å²) in [6, 6.07) is 6.18. The standard InChI is InChI=1S/C16H23N3O/c1-11-5-4-8-15(17-11)19-16(20)14-10-9-12-6-2-3-7-13(12)18-14/h4-5,8,12-14,18H,2-3,6-7,9-10H2,1H3,(H,17,19,20). The SMILES string of the molecule is Cc1cccc(NC(=O)C2CCC3CCCCC3N2)n1. The second kappa shape index (κ2) is 5.92. The number of amides is 1. The van der Waals surface area contributed by atoms with Gasteiger partial charge < -0.3 is 10.6 Å². The summed E-state index contributed by atoms with van der Waals surface area (Å²) >= 11 is 0. The summed E-state index contributed by atoms with van der Waals surface area (Å²) < 4.78 is 0. The number of nitrogens with one attached hydrogen (secondary N) is 2. The quantitative estimate of drug-likeness (QED) is 0.871. The van der Waals surface area contributed by atoms with Gasteiger partial charge in [-0.05, 0) is 50.7 Å². The number of fused-ring (bicyclic) bond motifs is 1. The van der Waals surface area contributed by atoms with E-state index in [1.807, 2.05) is 25.1 Å². The summed E-state index contributed by atoms with van der Waals surface area (Å²) in [5.41, 5.74) is 0.923. The highest BCUT2D eigenvalue weighted by Gasteiger charge is 2.34. The fourth-order valence-electron chi connectivity index (χ4n) is 3.53. The zero-order valence-electron chi connectivity index (χ0n) is 12.1. The fraction of sp³-hybridized carbons (Fsp3) is 0.625. The lowest BCUT2D eigenvalue weighted by molar-refractivity contribution is -0.119. The Bertz CT molecular complexity index is 488. The lowest BCUT2D eigenvalue weighted by Gasteiger charge is -2.39. The molecule has 3 unspecified atom stereocenters. The van der Waals surface area contributed by atoms with Crippen molar-refractivity contribution in [1.29, 1.82) is 0 Å². The predicted molar refractivity (Wildman–Crippen MR) is 79.5 cm³/mol. The van der Waals surface area contributed by atoms with Crippen LogP contribution in [0, 0.1) is 12.8 Å². The number of hydrogen-bond acceptors (Lipinski definition) is 3. The molecule has 2 heterocycles.